The summed E-state index contributed by atoms with van der Waals surface area (Å²) in [7, 11) is 0. The number of hydrogen-bond donors (Lipinski definition) is 3. The summed E-state index contributed by atoms with van der Waals surface area (Å²) in [5.41, 5.74) is 16.1. The minimum atomic E-state index is -1.08. The SMILES string of the molecule is CC(C)(C)OC(=O)C1(N)CCC(N)CC1N. The first-order chi connectivity index (χ1) is 7.15. The van der Waals surface area contributed by atoms with Gasteiger partial charge in [-0.3, -0.25) is 0 Å². The standard InChI is InChI=1S/C11H23N3O2/c1-10(2,3)16-9(15)11(14)5-4-7(12)6-8(11)13/h7-8H,4-6,12-14H2,1-3H3. The summed E-state index contributed by atoms with van der Waals surface area (Å²) in [4.78, 5) is 12.0. The Morgan fingerprint density at radius 3 is 2.38 bits per heavy atom. The second-order valence-electron chi connectivity index (χ2n) is 5.68. The van der Waals surface area contributed by atoms with Crippen LogP contribution in [-0.4, -0.2) is 29.2 Å². The molecule has 0 radical (unpaired) electrons. The van der Waals surface area contributed by atoms with E-state index in [1.807, 2.05) is 20.8 Å². The average molecular weight is 229 g/mol. The fourth-order valence-corrected chi connectivity index (χ4v) is 1.89. The Bertz CT molecular complexity index is 275. The Balaban J connectivity index is 2.73. The highest BCUT2D eigenvalue weighted by atomic mass is 16.6. The van der Waals surface area contributed by atoms with Crippen LogP contribution in [0.3, 0.4) is 0 Å². The number of carbonyl (C=O) groups excluding carboxylic acids is 1. The van der Waals surface area contributed by atoms with Gasteiger partial charge in [-0.15, -0.1) is 0 Å². The lowest BCUT2D eigenvalue weighted by Gasteiger charge is -2.40. The van der Waals surface area contributed by atoms with Crippen LogP contribution in [0.4, 0.5) is 0 Å². The number of hydrogen-bond acceptors (Lipinski definition) is 5. The van der Waals surface area contributed by atoms with Crippen LogP contribution in [0.15, 0.2) is 0 Å². The zero-order chi connectivity index (χ0) is 12.6. The minimum Gasteiger partial charge on any atom is -0.459 e. The van der Waals surface area contributed by atoms with Crippen LogP contribution < -0.4 is 17.2 Å². The van der Waals surface area contributed by atoms with Crippen molar-refractivity contribution in [1.29, 1.82) is 0 Å². The lowest BCUT2D eigenvalue weighted by molar-refractivity contribution is -0.163. The molecule has 5 heteroatoms. The normalized spacial score (nSPS) is 35.9. The number of nitrogens with two attached hydrogens (primary N) is 3. The molecule has 1 aliphatic carbocycles. The van der Waals surface area contributed by atoms with Crippen LogP contribution in [0.1, 0.15) is 40.0 Å². The molecule has 0 bridgehead atoms. The third-order valence-corrected chi connectivity index (χ3v) is 2.93. The second kappa shape index (κ2) is 4.31. The van der Waals surface area contributed by atoms with Gasteiger partial charge in [0.1, 0.15) is 11.1 Å². The van der Waals surface area contributed by atoms with Gasteiger partial charge < -0.3 is 21.9 Å². The van der Waals surface area contributed by atoms with Gasteiger partial charge in [0.05, 0.1) is 0 Å². The molecule has 0 aromatic rings. The van der Waals surface area contributed by atoms with Gasteiger partial charge in [-0.2, -0.15) is 0 Å². The molecule has 0 saturated heterocycles. The van der Waals surface area contributed by atoms with E-state index in [-0.39, 0.29) is 6.04 Å². The van der Waals surface area contributed by atoms with Gasteiger partial charge in [-0.1, -0.05) is 0 Å². The zero-order valence-electron chi connectivity index (χ0n) is 10.3. The summed E-state index contributed by atoms with van der Waals surface area (Å²) >= 11 is 0. The van der Waals surface area contributed by atoms with Crippen molar-refractivity contribution >= 4 is 5.97 Å². The summed E-state index contributed by atoms with van der Waals surface area (Å²) < 4.78 is 5.30. The zero-order valence-corrected chi connectivity index (χ0v) is 10.3. The highest BCUT2D eigenvalue weighted by Crippen LogP contribution is 2.27. The first-order valence-electron chi connectivity index (χ1n) is 5.68. The Morgan fingerprint density at radius 2 is 1.94 bits per heavy atom. The molecular weight excluding hydrogens is 206 g/mol. The van der Waals surface area contributed by atoms with E-state index in [0.29, 0.717) is 19.3 Å². The molecule has 16 heavy (non-hydrogen) atoms. The summed E-state index contributed by atoms with van der Waals surface area (Å²) in [6, 6.07) is -0.389. The molecule has 1 rings (SSSR count). The summed E-state index contributed by atoms with van der Waals surface area (Å²) in [5.74, 6) is -0.417. The molecule has 3 unspecified atom stereocenters. The van der Waals surface area contributed by atoms with E-state index in [2.05, 4.69) is 0 Å². The minimum absolute atomic E-state index is 0.0362. The molecule has 5 nitrogen and oxygen atoms in total. The van der Waals surface area contributed by atoms with E-state index in [4.69, 9.17) is 21.9 Å². The summed E-state index contributed by atoms with van der Waals surface area (Å²) in [6.07, 6.45) is 1.77. The van der Waals surface area contributed by atoms with Crippen LogP contribution in [0, 0.1) is 0 Å². The third kappa shape index (κ3) is 2.93. The van der Waals surface area contributed by atoms with E-state index in [0.717, 1.165) is 0 Å². The second-order valence-corrected chi connectivity index (χ2v) is 5.68. The first kappa shape index (κ1) is 13.4. The molecule has 0 amide bonds. The van der Waals surface area contributed by atoms with Crippen molar-refractivity contribution in [1.82, 2.24) is 0 Å². The quantitative estimate of drug-likeness (QED) is 0.543. The van der Waals surface area contributed by atoms with Crippen molar-refractivity contribution in [3.05, 3.63) is 0 Å². The van der Waals surface area contributed by atoms with E-state index in [1.165, 1.54) is 0 Å². The van der Waals surface area contributed by atoms with Crippen molar-refractivity contribution < 1.29 is 9.53 Å². The van der Waals surface area contributed by atoms with Gasteiger partial charge in [0, 0.05) is 12.1 Å². The fourth-order valence-electron chi connectivity index (χ4n) is 1.89. The highest BCUT2D eigenvalue weighted by Gasteiger charge is 2.46. The van der Waals surface area contributed by atoms with Gasteiger partial charge in [-0.05, 0) is 40.0 Å². The van der Waals surface area contributed by atoms with E-state index in [9.17, 15) is 4.79 Å². The Morgan fingerprint density at radius 1 is 1.38 bits per heavy atom. The Labute approximate surface area is 96.7 Å². The van der Waals surface area contributed by atoms with Gasteiger partial charge in [0.15, 0.2) is 0 Å². The van der Waals surface area contributed by atoms with Crippen LogP contribution in [0.5, 0.6) is 0 Å². The molecule has 6 N–H and O–H groups in total. The van der Waals surface area contributed by atoms with Crippen molar-refractivity contribution in [2.24, 2.45) is 17.2 Å². The lowest BCUT2D eigenvalue weighted by atomic mass is 9.76. The van der Waals surface area contributed by atoms with Crippen LogP contribution in [0.2, 0.25) is 0 Å². The molecule has 0 aliphatic heterocycles. The number of carbonyl (C=O) groups is 1. The van der Waals surface area contributed by atoms with Crippen LogP contribution in [-0.2, 0) is 9.53 Å². The first-order valence-corrected chi connectivity index (χ1v) is 5.68. The predicted octanol–water partition coefficient (Wildman–Crippen LogP) is -0.136. The molecule has 1 aliphatic rings. The van der Waals surface area contributed by atoms with Gasteiger partial charge >= 0.3 is 5.97 Å². The molecule has 0 spiro atoms. The molecule has 94 valence electrons. The maximum absolute atomic E-state index is 12.0. The largest absolute Gasteiger partial charge is 0.459 e. The van der Waals surface area contributed by atoms with Crippen LogP contribution >= 0.6 is 0 Å². The van der Waals surface area contributed by atoms with Crippen LogP contribution in [0.25, 0.3) is 0 Å². The molecular formula is C11H23N3O2. The molecule has 0 aromatic carbocycles. The van der Waals surface area contributed by atoms with Crippen molar-refractivity contribution in [2.75, 3.05) is 0 Å². The summed E-state index contributed by atoms with van der Waals surface area (Å²) in [5, 5.41) is 0. The number of ether oxygens (including phenoxy) is 1. The smallest absolute Gasteiger partial charge is 0.328 e. The maximum atomic E-state index is 12.0. The van der Waals surface area contributed by atoms with Crippen molar-refractivity contribution in [3.63, 3.8) is 0 Å². The summed E-state index contributed by atoms with van der Waals surface area (Å²) in [6.45, 7) is 5.44. The van der Waals surface area contributed by atoms with E-state index < -0.39 is 23.2 Å². The highest BCUT2D eigenvalue weighted by molar-refractivity contribution is 5.82. The fraction of sp³-hybridized carbons (Fsp3) is 0.909. The predicted molar refractivity (Wildman–Crippen MR) is 62.6 cm³/mol. The maximum Gasteiger partial charge on any atom is 0.328 e. The van der Waals surface area contributed by atoms with Gasteiger partial charge in [-0.25, -0.2) is 4.79 Å². The number of rotatable bonds is 1. The van der Waals surface area contributed by atoms with E-state index >= 15 is 0 Å². The monoisotopic (exact) mass is 229 g/mol. The van der Waals surface area contributed by atoms with E-state index in [1.54, 1.807) is 0 Å². The molecule has 0 heterocycles. The van der Waals surface area contributed by atoms with Gasteiger partial charge in [0.2, 0.25) is 0 Å². The van der Waals surface area contributed by atoms with Gasteiger partial charge in [0.25, 0.3) is 0 Å². The topological polar surface area (TPSA) is 104 Å². The lowest BCUT2D eigenvalue weighted by Crippen LogP contribution is -2.66. The molecule has 3 atom stereocenters. The molecule has 1 fully saturated rings. The average Bonchev–Trinajstić information content (AvgIpc) is 2.09. The Hall–Kier alpha value is -0.650. The van der Waals surface area contributed by atoms with Crippen molar-refractivity contribution in [3.8, 4) is 0 Å². The third-order valence-electron chi connectivity index (χ3n) is 2.93. The number of esters is 1. The van der Waals surface area contributed by atoms with Crippen molar-refractivity contribution in [2.45, 2.75) is 63.3 Å². The Kier molecular flexibility index (Phi) is 3.62. The molecule has 1 saturated carbocycles. The molecule has 0 aromatic heterocycles.